The van der Waals surface area contributed by atoms with Crippen LogP contribution >= 0.6 is 11.8 Å². The van der Waals surface area contributed by atoms with Crippen molar-refractivity contribution in [3.63, 3.8) is 0 Å². The third kappa shape index (κ3) is 2.13. The van der Waals surface area contributed by atoms with E-state index in [-0.39, 0.29) is 29.4 Å². The molecule has 2 aliphatic rings. The molecule has 0 aromatic carbocycles. The molecule has 1 atom stereocenters. The van der Waals surface area contributed by atoms with Gasteiger partial charge >= 0.3 is 5.97 Å². The lowest BCUT2D eigenvalue weighted by atomic mass is 10.1. The van der Waals surface area contributed by atoms with Gasteiger partial charge in [-0.05, 0) is 0 Å². The highest BCUT2D eigenvalue weighted by atomic mass is 32.2. The van der Waals surface area contributed by atoms with Gasteiger partial charge in [-0.2, -0.15) is 0 Å². The summed E-state index contributed by atoms with van der Waals surface area (Å²) in [6.45, 7) is 1.55. The number of hydrazine groups is 1. The van der Waals surface area contributed by atoms with Crippen LogP contribution in [0.5, 0.6) is 0 Å². The van der Waals surface area contributed by atoms with E-state index in [4.69, 9.17) is 5.11 Å². The second-order valence-electron chi connectivity index (χ2n) is 3.65. The van der Waals surface area contributed by atoms with Gasteiger partial charge in [-0.15, -0.1) is 11.8 Å². The van der Waals surface area contributed by atoms with Gasteiger partial charge in [0.2, 0.25) is 11.8 Å². The highest BCUT2D eigenvalue weighted by Crippen LogP contribution is 2.45. The van der Waals surface area contributed by atoms with Crippen LogP contribution < -0.4 is 10.9 Å². The molecule has 2 aliphatic heterocycles. The maximum absolute atomic E-state index is 11.3. The minimum absolute atomic E-state index is 0.0223. The van der Waals surface area contributed by atoms with E-state index in [0.29, 0.717) is 11.3 Å². The summed E-state index contributed by atoms with van der Waals surface area (Å²) >= 11 is 1.34. The van der Waals surface area contributed by atoms with Crippen LogP contribution in [0.3, 0.4) is 0 Å². The molecule has 0 radical (unpaired) electrons. The quantitative estimate of drug-likeness (QED) is 0.452. The van der Waals surface area contributed by atoms with Crippen molar-refractivity contribution in [3.05, 3.63) is 10.6 Å². The van der Waals surface area contributed by atoms with Crippen molar-refractivity contribution in [2.45, 2.75) is 18.7 Å². The number of hydrogen-bond donors (Lipinski definition) is 3. The zero-order valence-electron chi connectivity index (χ0n) is 9.02. The first-order valence-corrected chi connectivity index (χ1v) is 5.83. The van der Waals surface area contributed by atoms with Crippen LogP contribution in [0.1, 0.15) is 13.3 Å². The summed E-state index contributed by atoms with van der Waals surface area (Å²) in [5, 5.41) is 8.96. The van der Waals surface area contributed by atoms with Crippen LogP contribution in [0.2, 0.25) is 0 Å². The van der Waals surface area contributed by atoms with E-state index in [1.165, 1.54) is 23.6 Å². The fraction of sp³-hybridized carbons (Fsp3) is 0.444. The first-order chi connectivity index (χ1) is 8.00. The van der Waals surface area contributed by atoms with Gasteiger partial charge in [0.25, 0.3) is 0 Å². The standard InChI is InChI=1S/C9H11N3O4S/c1-4(13)11-10-3-5-8(9(15)16)12-6(14)2-7(12)17-5/h7,10H,2-3H2,1H3,(H,11,13)(H,15,16)/t7-/m0/s1. The minimum Gasteiger partial charge on any atom is -0.477 e. The lowest BCUT2D eigenvalue weighted by Crippen LogP contribution is -2.48. The molecule has 1 fully saturated rings. The van der Waals surface area contributed by atoms with Gasteiger partial charge in [0.15, 0.2) is 0 Å². The summed E-state index contributed by atoms with van der Waals surface area (Å²) in [6, 6.07) is 0. The summed E-state index contributed by atoms with van der Waals surface area (Å²) in [5.41, 5.74) is 5.00. The number of rotatable bonds is 4. The molecule has 1 saturated heterocycles. The zero-order chi connectivity index (χ0) is 12.6. The predicted molar refractivity (Wildman–Crippen MR) is 59.3 cm³/mol. The molecule has 17 heavy (non-hydrogen) atoms. The monoisotopic (exact) mass is 257 g/mol. The maximum Gasteiger partial charge on any atom is 0.353 e. The van der Waals surface area contributed by atoms with Crippen LogP contribution in [-0.2, 0) is 14.4 Å². The number of β-lactam (4-membered cyclic amide) rings is 1. The third-order valence-electron chi connectivity index (χ3n) is 2.41. The van der Waals surface area contributed by atoms with Gasteiger partial charge in [-0.1, -0.05) is 0 Å². The molecular weight excluding hydrogens is 246 g/mol. The molecule has 2 amide bonds. The lowest BCUT2D eigenvalue weighted by Gasteiger charge is -2.33. The second kappa shape index (κ2) is 4.38. The van der Waals surface area contributed by atoms with Crippen molar-refractivity contribution in [1.82, 2.24) is 15.8 Å². The summed E-state index contributed by atoms with van der Waals surface area (Å²) in [6.07, 6.45) is 0.366. The van der Waals surface area contributed by atoms with Crippen LogP contribution in [0.4, 0.5) is 0 Å². The Bertz CT molecular complexity index is 434. The van der Waals surface area contributed by atoms with Crippen molar-refractivity contribution in [2.24, 2.45) is 0 Å². The van der Waals surface area contributed by atoms with E-state index >= 15 is 0 Å². The van der Waals surface area contributed by atoms with E-state index in [1.807, 2.05) is 0 Å². The highest BCUT2D eigenvalue weighted by Gasteiger charge is 2.48. The van der Waals surface area contributed by atoms with Crippen molar-refractivity contribution >= 4 is 29.5 Å². The largest absolute Gasteiger partial charge is 0.477 e. The van der Waals surface area contributed by atoms with Gasteiger partial charge < -0.3 is 5.11 Å². The Morgan fingerprint density at radius 1 is 1.59 bits per heavy atom. The number of nitrogens with zero attached hydrogens (tertiary/aromatic N) is 1. The molecule has 8 heteroatoms. The fourth-order valence-corrected chi connectivity index (χ4v) is 3.04. The Labute approximate surface area is 101 Å². The average molecular weight is 257 g/mol. The predicted octanol–water partition coefficient (Wildman–Crippen LogP) is -0.771. The van der Waals surface area contributed by atoms with Crippen LogP contribution in [0.15, 0.2) is 10.6 Å². The van der Waals surface area contributed by atoms with E-state index in [0.717, 1.165) is 0 Å². The number of amides is 2. The number of fused-ring (bicyclic) bond motifs is 1. The Morgan fingerprint density at radius 3 is 2.82 bits per heavy atom. The number of carboxylic acids is 1. The van der Waals surface area contributed by atoms with Crippen molar-refractivity contribution in [1.29, 1.82) is 0 Å². The molecule has 0 aromatic rings. The third-order valence-corrected chi connectivity index (χ3v) is 3.68. The number of thioether (sulfide) groups is 1. The molecular formula is C9H11N3O4S. The Balaban J connectivity index is 2.07. The summed E-state index contributed by atoms with van der Waals surface area (Å²) in [7, 11) is 0. The summed E-state index contributed by atoms with van der Waals surface area (Å²) < 4.78 is 0. The van der Waals surface area contributed by atoms with Gasteiger partial charge in [-0.25, -0.2) is 10.2 Å². The molecule has 2 rings (SSSR count). The average Bonchev–Trinajstić information content (AvgIpc) is 2.50. The van der Waals surface area contributed by atoms with E-state index in [9.17, 15) is 14.4 Å². The lowest BCUT2D eigenvalue weighted by molar-refractivity contribution is -0.145. The summed E-state index contributed by atoms with van der Waals surface area (Å²) in [4.78, 5) is 34.8. The molecule has 7 nitrogen and oxygen atoms in total. The Morgan fingerprint density at radius 2 is 2.29 bits per heavy atom. The van der Waals surface area contributed by atoms with E-state index < -0.39 is 5.97 Å². The van der Waals surface area contributed by atoms with Gasteiger partial charge in [0.05, 0.1) is 11.8 Å². The molecule has 2 heterocycles. The minimum atomic E-state index is -1.12. The number of hydrogen-bond acceptors (Lipinski definition) is 5. The normalized spacial score (nSPS) is 22.3. The molecule has 0 saturated carbocycles. The smallest absolute Gasteiger partial charge is 0.353 e. The molecule has 0 unspecified atom stereocenters. The molecule has 3 N–H and O–H groups in total. The van der Waals surface area contributed by atoms with Crippen molar-refractivity contribution in [2.75, 3.05) is 6.54 Å². The SMILES string of the molecule is CC(=O)NNCC1=C(C(=O)O)N2C(=O)C[C@@H]2S1. The Hall–Kier alpha value is -1.54. The molecule has 0 bridgehead atoms. The van der Waals surface area contributed by atoms with E-state index in [2.05, 4.69) is 10.9 Å². The van der Waals surface area contributed by atoms with Crippen molar-refractivity contribution in [3.8, 4) is 0 Å². The maximum atomic E-state index is 11.3. The number of nitrogens with one attached hydrogen (secondary N) is 2. The van der Waals surface area contributed by atoms with Crippen molar-refractivity contribution < 1.29 is 19.5 Å². The van der Waals surface area contributed by atoms with Crippen LogP contribution in [0, 0.1) is 0 Å². The van der Waals surface area contributed by atoms with Gasteiger partial charge in [-0.3, -0.25) is 19.9 Å². The highest BCUT2D eigenvalue weighted by molar-refractivity contribution is 8.04. The topological polar surface area (TPSA) is 98.7 Å². The van der Waals surface area contributed by atoms with Gasteiger partial charge in [0, 0.05) is 18.4 Å². The van der Waals surface area contributed by atoms with Crippen LogP contribution in [0.25, 0.3) is 0 Å². The number of carbonyl (C=O) groups is 3. The first kappa shape index (κ1) is 11.9. The number of aliphatic carboxylic acids is 1. The van der Waals surface area contributed by atoms with Gasteiger partial charge in [0.1, 0.15) is 5.70 Å². The first-order valence-electron chi connectivity index (χ1n) is 4.95. The van der Waals surface area contributed by atoms with E-state index in [1.54, 1.807) is 0 Å². The molecule has 0 spiro atoms. The molecule has 0 aromatic heterocycles. The number of carbonyl (C=O) groups excluding carboxylic acids is 2. The zero-order valence-corrected chi connectivity index (χ0v) is 9.84. The summed E-state index contributed by atoms with van der Waals surface area (Å²) in [5.74, 6) is -1.55. The second-order valence-corrected chi connectivity index (χ2v) is 4.92. The fourth-order valence-electron chi connectivity index (χ4n) is 1.70. The number of carboxylic acid groups (broad SMARTS) is 1. The molecule has 92 valence electrons. The molecule has 0 aliphatic carbocycles. The Kier molecular flexibility index (Phi) is 3.07. The van der Waals surface area contributed by atoms with Crippen LogP contribution in [-0.4, -0.2) is 39.7 Å².